The molecule has 1 aliphatic heterocycles. The topological polar surface area (TPSA) is 63.1 Å². The molecule has 3 heterocycles. The number of nitrogens with one attached hydrogen (secondary N) is 1. The van der Waals surface area contributed by atoms with Gasteiger partial charge in [-0.15, -0.1) is 0 Å². The highest BCUT2D eigenvalue weighted by Crippen LogP contribution is 2.48. The van der Waals surface area contributed by atoms with Gasteiger partial charge in [0.15, 0.2) is 0 Å². The van der Waals surface area contributed by atoms with E-state index < -0.39 is 6.17 Å². The second-order valence-electron chi connectivity index (χ2n) is 9.55. The predicted octanol–water partition coefficient (Wildman–Crippen LogP) is 4.26. The van der Waals surface area contributed by atoms with Crippen molar-refractivity contribution in [2.45, 2.75) is 43.3 Å². The van der Waals surface area contributed by atoms with Gasteiger partial charge in [-0.25, -0.2) is 9.37 Å². The molecule has 1 saturated heterocycles. The lowest BCUT2D eigenvalue weighted by atomic mass is 9.74. The summed E-state index contributed by atoms with van der Waals surface area (Å²) in [4.78, 5) is 19.4. The van der Waals surface area contributed by atoms with E-state index in [1.807, 2.05) is 31.6 Å². The molecule has 3 aliphatic rings. The monoisotopic (exact) mass is 453 g/mol. The molecule has 3 aromatic rings. The van der Waals surface area contributed by atoms with Crippen LogP contribution in [-0.4, -0.2) is 50.9 Å². The fourth-order valence-corrected chi connectivity index (χ4v) is 5.49. The molecule has 1 N–H and O–H groups in total. The third-order valence-corrected chi connectivity index (χ3v) is 7.63. The number of alkyl halides is 1. The molecule has 6 rings (SSSR count). The maximum Gasteiger partial charge on any atom is 0.229 e. The molecule has 0 radical (unpaired) electrons. The van der Waals surface area contributed by atoms with Gasteiger partial charge < -0.3 is 5.32 Å². The summed E-state index contributed by atoms with van der Waals surface area (Å²) >= 11 is 6.58. The number of anilines is 1. The van der Waals surface area contributed by atoms with E-state index in [2.05, 4.69) is 26.4 Å². The van der Waals surface area contributed by atoms with Crippen molar-refractivity contribution in [3.8, 4) is 0 Å². The average Bonchev–Trinajstić information content (AvgIpc) is 3.40. The van der Waals surface area contributed by atoms with Gasteiger partial charge in [-0.2, -0.15) is 5.10 Å². The zero-order chi connectivity index (χ0) is 22.0. The van der Waals surface area contributed by atoms with Crippen molar-refractivity contribution in [1.82, 2.24) is 19.7 Å². The van der Waals surface area contributed by atoms with E-state index in [1.54, 1.807) is 10.9 Å². The minimum Gasteiger partial charge on any atom is -0.310 e. The quantitative estimate of drug-likeness (QED) is 0.626. The Bertz CT molecular complexity index is 1200. The van der Waals surface area contributed by atoms with Crippen LogP contribution in [0.2, 0.25) is 5.02 Å². The molecule has 2 saturated carbocycles. The molecule has 0 unspecified atom stereocenters. The Balaban J connectivity index is 1.14. The Morgan fingerprint density at radius 3 is 2.69 bits per heavy atom. The van der Waals surface area contributed by atoms with Crippen molar-refractivity contribution in [2.75, 3.05) is 18.4 Å². The molecule has 8 heteroatoms. The molecule has 2 atom stereocenters. The van der Waals surface area contributed by atoms with Crippen molar-refractivity contribution < 1.29 is 9.18 Å². The number of rotatable bonds is 5. The van der Waals surface area contributed by atoms with Crippen molar-refractivity contribution >= 4 is 34.1 Å². The van der Waals surface area contributed by atoms with Gasteiger partial charge in [0.05, 0.1) is 6.20 Å². The molecular weight excluding hydrogens is 429 g/mol. The maximum absolute atomic E-state index is 13.1. The first-order chi connectivity index (χ1) is 15.4. The van der Waals surface area contributed by atoms with Gasteiger partial charge in [-0.1, -0.05) is 11.6 Å². The first kappa shape index (κ1) is 20.1. The molecule has 32 heavy (non-hydrogen) atoms. The van der Waals surface area contributed by atoms with E-state index in [9.17, 15) is 9.18 Å². The summed E-state index contributed by atoms with van der Waals surface area (Å²) in [6, 6.07) is 6.48. The second-order valence-corrected chi connectivity index (χ2v) is 9.96. The highest BCUT2D eigenvalue weighted by molar-refractivity contribution is 6.32. The van der Waals surface area contributed by atoms with Crippen LogP contribution in [0.25, 0.3) is 10.8 Å². The summed E-state index contributed by atoms with van der Waals surface area (Å²) in [5.41, 5.74) is 2.24. The molecular formula is C24H25ClFN5O. The van der Waals surface area contributed by atoms with Crippen LogP contribution in [0.1, 0.15) is 42.2 Å². The maximum atomic E-state index is 13.1. The number of nitrogens with zero attached hydrogens (tertiary/aromatic N) is 4. The van der Waals surface area contributed by atoms with Crippen molar-refractivity contribution in [1.29, 1.82) is 0 Å². The molecule has 0 bridgehead atoms. The Morgan fingerprint density at radius 2 is 1.97 bits per heavy atom. The van der Waals surface area contributed by atoms with Crippen LogP contribution in [0.5, 0.6) is 0 Å². The van der Waals surface area contributed by atoms with Gasteiger partial charge in [0.1, 0.15) is 12.0 Å². The van der Waals surface area contributed by atoms with Gasteiger partial charge in [-0.3, -0.25) is 14.4 Å². The third-order valence-electron chi connectivity index (χ3n) is 7.30. The fraction of sp³-hybridized carbons (Fsp3) is 0.458. The number of hydrogen-bond acceptors (Lipinski definition) is 4. The Kier molecular flexibility index (Phi) is 4.73. The minimum atomic E-state index is -0.658. The SMILES string of the molecule is Cn1cc([C@@H]2C[C@H]2C(=O)Nc2cc3cc([C@H]4C[C@H](N5CC(F)C5)C4)c(Cl)cc3cn2)cn1. The van der Waals surface area contributed by atoms with Crippen molar-refractivity contribution in [3.05, 3.63) is 52.9 Å². The Labute approximate surface area is 190 Å². The zero-order valence-electron chi connectivity index (χ0n) is 17.8. The summed E-state index contributed by atoms with van der Waals surface area (Å²) in [7, 11) is 1.88. The van der Waals surface area contributed by atoms with Gasteiger partial charge in [0.2, 0.25) is 5.91 Å². The van der Waals surface area contributed by atoms with Crippen LogP contribution in [0, 0.1) is 5.92 Å². The molecule has 2 aliphatic carbocycles. The van der Waals surface area contributed by atoms with Crippen molar-refractivity contribution in [2.24, 2.45) is 13.0 Å². The van der Waals surface area contributed by atoms with E-state index in [0.29, 0.717) is 30.9 Å². The molecule has 1 aromatic carbocycles. The first-order valence-electron chi connectivity index (χ1n) is 11.2. The number of amides is 1. The van der Waals surface area contributed by atoms with Crippen LogP contribution in [-0.2, 0) is 11.8 Å². The lowest BCUT2D eigenvalue weighted by Crippen LogP contribution is -2.57. The van der Waals surface area contributed by atoms with Crippen LogP contribution < -0.4 is 5.32 Å². The summed E-state index contributed by atoms with van der Waals surface area (Å²) in [5, 5.41) is 9.91. The fourth-order valence-electron chi connectivity index (χ4n) is 5.16. The third kappa shape index (κ3) is 3.57. The standard InChI is InChI=1S/C24H25ClFN5O/c1-30-10-16(9-28-30)19-7-21(19)24(32)29-23-6-13-4-20(22(25)5-15(13)8-27-23)14-2-18(3-14)31-11-17(26)12-31/h4-6,8-10,14,17-19,21H,2-3,7,11-12H2,1H3,(H,27,29,32)/t14-,18-,19-,21+/m0/s1. The number of aryl methyl sites for hydroxylation is 1. The Hall–Kier alpha value is -2.51. The van der Waals surface area contributed by atoms with Gasteiger partial charge in [-0.05, 0) is 65.8 Å². The highest BCUT2D eigenvalue weighted by atomic mass is 35.5. The average molecular weight is 454 g/mol. The number of benzene rings is 1. The molecule has 0 spiro atoms. The van der Waals surface area contributed by atoms with Crippen LogP contribution in [0.3, 0.4) is 0 Å². The van der Waals surface area contributed by atoms with E-state index in [-0.39, 0.29) is 17.7 Å². The first-order valence-corrected chi connectivity index (χ1v) is 11.6. The number of hydrogen-bond donors (Lipinski definition) is 1. The number of carbonyl (C=O) groups is 1. The lowest BCUT2D eigenvalue weighted by molar-refractivity contribution is -0.117. The van der Waals surface area contributed by atoms with E-state index in [4.69, 9.17) is 11.6 Å². The number of fused-ring (bicyclic) bond motifs is 1. The number of pyridine rings is 1. The van der Waals surface area contributed by atoms with Gasteiger partial charge in [0, 0.05) is 54.9 Å². The van der Waals surface area contributed by atoms with Crippen LogP contribution in [0.4, 0.5) is 10.2 Å². The lowest BCUT2D eigenvalue weighted by Gasteiger charge is -2.48. The predicted molar refractivity (Wildman–Crippen MR) is 122 cm³/mol. The molecule has 6 nitrogen and oxygen atoms in total. The largest absolute Gasteiger partial charge is 0.310 e. The van der Waals surface area contributed by atoms with Gasteiger partial charge >= 0.3 is 0 Å². The summed E-state index contributed by atoms with van der Waals surface area (Å²) in [6.45, 7) is 1.14. The molecule has 3 fully saturated rings. The molecule has 1 amide bonds. The summed E-state index contributed by atoms with van der Waals surface area (Å²) < 4.78 is 14.9. The number of halogens is 2. The zero-order valence-corrected chi connectivity index (χ0v) is 18.6. The smallest absolute Gasteiger partial charge is 0.229 e. The molecule has 2 aromatic heterocycles. The normalized spacial score (nSPS) is 27.7. The minimum absolute atomic E-state index is 0.00226. The van der Waals surface area contributed by atoms with Crippen LogP contribution >= 0.6 is 11.6 Å². The summed E-state index contributed by atoms with van der Waals surface area (Å²) in [5.74, 6) is 1.17. The molecule has 166 valence electrons. The highest BCUT2D eigenvalue weighted by Gasteiger charge is 2.45. The van der Waals surface area contributed by atoms with E-state index in [1.165, 1.54) is 0 Å². The van der Waals surface area contributed by atoms with E-state index in [0.717, 1.165) is 46.2 Å². The summed E-state index contributed by atoms with van der Waals surface area (Å²) in [6.07, 6.45) is 7.79. The van der Waals surface area contributed by atoms with Gasteiger partial charge in [0.25, 0.3) is 0 Å². The van der Waals surface area contributed by atoms with E-state index >= 15 is 0 Å². The Morgan fingerprint density at radius 1 is 1.16 bits per heavy atom. The van der Waals surface area contributed by atoms with Crippen molar-refractivity contribution in [3.63, 3.8) is 0 Å². The number of carbonyl (C=O) groups excluding carboxylic acids is 1. The van der Waals surface area contributed by atoms with Crippen LogP contribution in [0.15, 0.2) is 36.8 Å². The second kappa shape index (κ2) is 7.52. The number of likely N-dealkylation sites (tertiary alicyclic amines) is 1. The number of aromatic nitrogens is 3.